The molecule has 1 aliphatic carbocycles. The van der Waals surface area contributed by atoms with Gasteiger partial charge in [0.15, 0.2) is 0 Å². The van der Waals surface area contributed by atoms with Crippen molar-refractivity contribution in [2.75, 3.05) is 13.1 Å². The second kappa shape index (κ2) is 4.79. The average molecular weight is 230 g/mol. The van der Waals surface area contributed by atoms with E-state index in [-0.39, 0.29) is 0 Å². The second-order valence-corrected chi connectivity index (χ2v) is 5.71. The number of benzene rings is 1. The van der Waals surface area contributed by atoms with E-state index >= 15 is 0 Å². The molecule has 1 atom stereocenters. The molecule has 3 rings (SSSR count). The molecular weight excluding hydrogens is 208 g/mol. The lowest BCUT2D eigenvalue weighted by Gasteiger charge is -2.35. The van der Waals surface area contributed by atoms with Gasteiger partial charge in [-0.05, 0) is 29.9 Å². The van der Waals surface area contributed by atoms with Crippen molar-refractivity contribution < 1.29 is 0 Å². The molecule has 1 saturated carbocycles. The highest BCUT2D eigenvalue weighted by Gasteiger charge is 2.26. The topological polar surface area (TPSA) is 24.1 Å². The molecule has 1 fully saturated rings. The molecular formula is C15H22N2. The quantitative estimate of drug-likeness (QED) is 0.832. The molecule has 0 radical (unpaired) electrons. The molecule has 0 aromatic heterocycles. The van der Waals surface area contributed by atoms with Crippen LogP contribution in [0.5, 0.6) is 0 Å². The Hall–Kier alpha value is -0.860. The van der Waals surface area contributed by atoms with E-state index in [1.807, 2.05) is 0 Å². The summed E-state index contributed by atoms with van der Waals surface area (Å²) in [5.74, 6) is 1.58. The van der Waals surface area contributed by atoms with Gasteiger partial charge in [-0.1, -0.05) is 31.2 Å². The summed E-state index contributed by atoms with van der Waals surface area (Å²) in [6.07, 6.45) is 2.73. The summed E-state index contributed by atoms with van der Waals surface area (Å²) in [5.41, 5.74) is 3.03. The lowest BCUT2D eigenvalue weighted by Crippen LogP contribution is -2.44. The predicted octanol–water partition coefficient (Wildman–Crippen LogP) is 2.26. The van der Waals surface area contributed by atoms with Gasteiger partial charge < -0.3 is 10.6 Å². The maximum absolute atomic E-state index is 3.72. The molecule has 2 N–H and O–H groups in total. The predicted molar refractivity (Wildman–Crippen MR) is 71.1 cm³/mol. The first-order valence-electron chi connectivity index (χ1n) is 6.85. The highest BCUT2D eigenvalue weighted by Crippen LogP contribution is 2.28. The summed E-state index contributed by atoms with van der Waals surface area (Å²) in [7, 11) is 0. The van der Waals surface area contributed by atoms with E-state index in [2.05, 4.69) is 41.8 Å². The summed E-state index contributed by atoms with van der Waals surface area (Å²) >= 11 is 0. The summed E-state index contributed by atoms with van der Waals surface area (Å²) in [6.45, 7) is 5.62. The molecule has 17 heavy (non-hydrogen) atoms. The molecule has 1 aromatic rings. The SMILES string of the molecule is CC1CC(NCC2CNCc3ccccc32)C1. The third kappa shape index (κ3) is 2.38. The number of hydrogen-bond donors (Lipinski definition) is 2. The van der Waals surface area contributed by atoms with Crippen molar-refractivity contribution in [3.8, 4) is 0 Å². The second-order valence-electron chi connectivity index (χ2n) is 5.71. The Kier molecular flexibility index (Phi) is 3.17. The summed E-state index contributed by atoms with van der Waals surface area (Å²) in [4.78, 5) is 0. The van der Waals surface area contributed by atoms with Crippen LogP contribution in [0.25, 0.3) is 0 Å². The zero-order valence-electron chi connectivity index (χ0n) is 10.6. The van der Waals surface area contributed by atoms with Crippen LogP contribution in [-0.4, -0.2) is 19.1 Å². The molecule has 2 nitrogen and oxygen atoms in total. The van der Waals surface area contributed by atoms with Crippen molar-refractivity contribution in [3.05, 3.63) is 35.4 Å². The van der Waals surface area contributed by atoms with Gasteiger partial charge in [0.05, 0.1) is 0 Å². The fourth-order valence-electron chi connectivity index (χ4n) is 3.14. The van der Waals surface area contributed by atoms with Crippen LogP contribution in [0.2, 0.25) is 0 Å². The van der Waals surface area contributed by atoms with Crippen LogP contribution in [0.3, 0.4) is 0 Å². The standard InChI is InChI=1S/C15H22N2/c1-11-6-14(7-11)17-10-13-9-16-8-12-4-2-3-5-15(12)13/h2-5,11,13-14,16-17H,6-10H2,1H3. The van der Waals surface area contributed by atoms with Crippen molar-refractivity contribution >= 4 is 0 Å². The van der Waals surface area contributed by atoms with Crippen LogP contribution in [0, 0.1) is 5.92 Å². The maximum Gasteiger partial charge on any atom is 0.0208 e. The van der Waals surface area contributed by atoms with Crippen molar-refractivity contribution in [1.82, 2.24) is 10.6 Å². The summed E-state index contributed by atoms with van der Waals surface area (Å²) < 4.78 is 0. The lowest BCUT2D eigenvalue weighted by atomic mass is 9.81. The van der Waals surface area contributed by atoms with Gasteiger partial charge in [-0.3, -0.25) is 0 Å². The van der Waals surface area contributed by atoms with Gasteiger partial charge in [0.2, 0.25) is 0 Å². The fraction of sp³-hybridized carbons (Fsp3) is 0.600. The Morgan fingerprint density at radius 2 is 2.12 bits per heavy atom. The molecule has 2 aliphatic rings. The summed E-state index contributed by atoms with van der Waals surface area (Å²) in [5, 5.41) is 7.24. The number of nitrogens with one attached hydrogen (secondary N) is 2. The highest BCUT2D eigenvalue weighted by molar-refractivity contribution is 5.32. The van der Waals surface area contributed by atoms with Crippen LogP contribution in [0.1, 0.15) is 36.8 Å². The van der Waals surface area contributed by atoms with E-state index in [1.54, 1.807) is 5.56 Å². The van der Waals surface area contributed by atoms with Crippen molar-refractivity contribution in [1.29, 1.82) is 0 Å². The maximum atomic E-state index is 3.72. The van der Waals surface area contributed by atoms with E-state index < -0.39 is 0 Å². The zero-order chi connectivity index (χ0) is 11.7. The lowest BCUT2D eigenvalue weighted by molar-refractivity contribution is 0.237. The van der Waals surface area contributed by atoms with Gasteiger partial charge >= 0.3 is 0 Å². The van der Waals surface area contributed by atoms with Gasteiger partial charge in [0.25, 0.3) is 0 Å². The van der Waals surface area contributed by atoms with E-state index in [1.165, 1.54) is 18.4 Å². The van der Waals surface area contributed by atoms with E-state index in [9.17, 15) is 0 Å². The molecule has 1 unspecified atom stereocenters. The van der Waals surface area contributed by atoms with Gasteiger partial charge in [0.1, 0.15) is 0 Å². The van der Waals surface area contributed by atoms with Crippen molar-refractivity contribution in [3.63, 3.8) is 0 Å². The van der Waals surface area contributed by atoms with Gasteiger partial charge in [0, 0.05) is 31.6 Å². The molecule has 92 valence electrons. The molecule has 0 spiro atoms. The normalized spacial score (nSPS) is 31.7. The first-order valence-corrected chi connectivity index (χ1v) is 6.85. The number of rotatable bonds is 3. The van der Waals surface area contributed by atoms with Crippen LogP contribution in [-0.2, 0) is 6.54 Å². The van der Waals surface area contributed by atoms with E-state index in [0.29, 0.717) is 5.92 Å². The third-order valence-electron chi connectivity index (χ3n) is 4.23. The zero-order valence-corrected chi connectivity index (χ0v) is 10.6. The van der Waals surface area contributed by atoms with Crippen LogP contribution in [0.4, 0.5) is 0 Å². The molecule has 0 saturated heterocycles. The largest absolute Gasteiger partial charge is 0.313 e. The van der Waals surface area contributed by atoms with Gasteiger partial charge in [-0.25, -0.2) is 0 Å². The third-order valence-corrected chi connectivity index (χ3v) is 4.23. The van der Waals surface area contributed by atoms with E-state index in [0.717, 1.165) is 31.6 Å². The molecule has 0 bridgehead atoms. The first-order chi connectivity index (χ1) is 8.33. The molecule has 1 aromatic carbocycles. The van der Waals surface area contributed by atoms with Crippen molar-refractivity contribution in [2.45, 2.75) is 38.3 Å². The molecule has 0 amide bonds. The fourth-order valence-corrected chi connectivity index (χ4v) is 3.14. The smallest absolute Gasteiger partial charge is 0.0208 e. The van der Waals surface area contributed by atoms with Crippen LogP contribution >= 0.6 is 0 Å². The van der Waals surface area contributed by atoms with E-state index in [4.69, 9.17) is 0 Å². The highest BCUT2D eigenvalue weighted by atomic mass is 15.0. The molecule has 1 aliphatic heterocycles. The summed E-state index contributed by atoms with van der Waals surface area (Å²) in [6, 6.07) is 9.64. The monoisotopic (exact) mass is 230 g/mol. The molecule has 1 heterocycles. The van der Waals surface area contributed by atoms with Crippen molar-refractivity contribution in [2.24, 2.45) is 5.92 Å². The first kappa shape index (κ1) is 11.2. The minimum absolute atomic E-state index is 0.649. The van der Waals surface area contributed by atoms with Gasteiger partial charge in [-0.15, -0.1) is 0 Å². The Morgan fingerprint density at radius 1 is 1.29 bits per heavy atom. The number of hydrogen-bond acceptors (Lipinski definition) is 2. The molecule has 2 heteroatoms. The Labute approximate surface area is 104 Å². The Morgan fingerprint density at radius 3 is 2.94 bits per heavy atom. The minimum Gasteiger partial charge on any atom is -0.313 e. The average Bonchev–Trinajstić information content (AvgIpc) is 2.33. The van der Waals surface area contributed by atoms with Gasteiger partial charge in [-0.2, -0.15) is 0 Å². The minimum atomic E-state index is 0.649. The van der Waals surface area contributed by atoms with Crippen LogP contribution in [0.15, 0.2) is 24.3 Å². The Bertz CT molecular complexity index is 382. The Balaban J connectivity index is 1.61. The number of fused-ring (bicyclic) bond motifs is 1. The van der Waals surface area contributed by atoms with Crippen LogP contribution < -0.4 is 10.6 Å².